The van der Waals surface area contributed by atoms with Gasteiger partial charge in [-0.05, 0) is 66.3 Å². The van der Waals surface area contributed by atoms with Crippen LogP contribution in [0.5, 0.6) is 0 Å². The third-order valence-corrected chi connectivity index (χ3v) is 7.01. The molecule has 2 heterocycles. The molecule has 1 atom stereocenters. The van der Waals surface area contributed by atoms with Crippen molar-refractivity contribution in [2.45, 2.75) is 38.2 Å². The Morgan fingerprint density at radius 2 is 2.00 bits per heavy atom. The fourth-order valence-electron chi connectivity index (χ4n) is 5.23. The molecular weight excluding hydrogens is 396 g/mol. The second-order valence-corrected chi connectivity index (χ2v) is 9.14. The molecule has 0 aromatic heterocycles. The molecule has 4 heteroatoms. The topological polar surface area (TPSA) is 41.6 Å². The molecule has 3 aliphatic rings. The van der Waals surface area contributed by atoms with Crippen LogP contribution in [0.15, 0.2) is 48.7 Å². The summed E-state index contributed by atoms with van der Waals surface area (Å²) in [5.41, 5.74) is 5.80. The highest BCUT2D eigenvalue weighted by Gasteiger charge is 2.30. The molecule has 4 nitrogen and oxygen atoms in total. The molecule has 2 aromatic carbocycles. The van der Waals surface area contributed by atoms with Gasteiger partial charge in [0, 0.05) is 36.7 Å². The molecule has 5 rings (SSSR count). The molecule has 32 heavy (non-hydrogen) atoms. The number of fused-ring (bicyclic) bond motifs is 3. The van der Waals surface area contributed by atoms with Crippen LogP contribution in [0.3, 0.4) is 0 Å². The van der Waals surface area contributed by atoms with Crippen molar-refractivity contribution in [3.8, 4) is 11.8 Å². The third kappa shape index (κ3) is 4.11. The molecule has 1 amide bonds. The normalized spacial score (nSPS) is 21.7. The summed E-state index contributed by atoms with van der Waals surface area (Å²) in [5.74, 6) is 6.85. The van der Waals surface area contributed by atoms with E-state index in [9.17, 15) is 4.79 Å². The highest BCUT2D eigenvalue weighted by atomic mass is 16.5. The van der Waals surface area contributed by atoms with Crippen LogP contribution in [-0.2, 0) is 16.0 Å². The Labute approximate surface area is 190 Å². The summed E-state index contributed by atoms with van der Waals surface area (Å²) in [6.45, 7) is 6.81. The smallest absolute Gasteiger partial charge is 0.224 e. The van der Waals surface area contributed by atoms with Crippen molar-refractivity contribution in [1.29, 1.82) is 0 Å². The number of likely N-dealkylation sites (tertiary alicyclic amines) is 1. The Bertz CT molecular complexity index is 1160. The van der Waals surface area contributed by atoms with Gasteiger partial charge in [0.1, 0.15) is 6.61 Å². The van der Waals surface area contributed by atoms with Gasteiger partial charge in [0.05, 0.1) is 6.10 Å². The molecule has 2 aromatic rings. The minimum absolute atomic E-state index is 0.0722. The number of hydrogen-bond acceptors (Lipinski definition) is 3. The van der Waals surface area contributed by atoms with Crippen LogP contribution in [0.25, 0.3) is 16.3 Å². The lowest BCUT2D eigenvalue weighted by Gasteiger charge is -2.28. The number of ether oxygens (including phenoxy) is 1. The molecule has 0 radical (unpaired) electrons. The number of carbonyl (C=O) groups is 1. The molecule has 1 unspecified atom stereocenters. The number of rotatable bonds is 3. The standard InChI is InChI=1S/C28H30N2O2/c1-19-23(12-13-27(31)29-19)26-11-9-21-8-10-24-20(5-3-7-25(24)28(21)26)6-4-18-32-22-14-16-30(2)17-15-22/h3,5,7-8,10-11,22-23H,1,9,12-18H2,2H3,(H,29,31). The summed E-state index contributed by atoms with van der Waals surface area (Å²) in [7, 11) is 2.16. The second-order valence-electron chi connectivity index (χ2n) is 9.14. The lowest BCUT2D eigenvalue weighted by atomic mass is 9.83. The number of nitrogens with one attached hydrogen (secondary N) is 1. The molecule has 164 valence electrons. The van der Waals surface area contributed by atoms with Crippen molar-refractivity contribution in [3.63, 3.8) is 0 Å². The monoisotopic (exact) mass is 426 g/mol. The van der Waals surface area contributed by atoms with E-state index in [0.29, 0.717) is 19.1 Å². The Kier molecular flexibility index (Phi) is 5.87. The zero-order chi connectivity index (χ0) is 22.1. The fraction of sp³-hybridized carbons (Fsp3) is 0.393. The van der Waals surface area contributed by atoms with Crippen LogP contribution in [-0.4, -0.2) is 43.7 Å². The van der Waals surface area contributed by atoms with Crippen molar-refractivity contribution in [1.82, 2.24) is 10.2 Å². The van der Waals surface area contributed by atoms with Crippen molar-refractivity contribution in [3.05, 3.63) is 65.4 Å². The molecule has 0 saturated carbocycles. The average molecular weight is 427 g/mol. The van der Waals surface area contributed by atoms with E-state index in [2.05, 4.69) is 72.1 Å². The van der Waals surface area contributed by atoms with Gasteiger partial charge in [-0.1, -0.05) is 48.8 Å². The molecular formula is C28H30N2O2. The van der Waals surface area contributed by atoms with E-state index in [4.69, 9.17) is 4.74 Å². The van der Waals surface area contributed by atoms with E-state index in [1.807, 2.05) is 0 Å². The summed E-state index contributed by atoms with van der Waals surface area (Å²) in [6, 6.07) is 10.8. The maximum absolute atomic E-state index is 11.8. The summed E-state index contributed by atoms with van der Waals surface area (Å²) in [4.78, 5) is 14.1. The quantitative estimate of drug-likeness (QED) is 0.745. The molecule has 2 saturated heterocycles. The molecule has 1 N–H and O–H groups in total. The first-order valence-electron chi connectivity index (χ1n) is 11.6. The van der Waals surface area contributed by atoms with Crippen molar-refractivity contribution >= 4 is 22.3 Å². The largest absolute Gasteiger partial charge is 0.365 e. The van der Waals surface area contributed by atoms with Gasteiger partial charge in [-0.2, -0.15) is 0 Å². The highest BCUT2D eigenvalue weighted by Crippen LogP contribution is 2.42. The first-order valence-corrected chi connectivity index (χ1v) is 11.6. The van der Waals surface area contributed by atoms with E-state index in [1.165, 1.54) is 27.5 Å². The van der Waals surface area contributed by atoms with Crippen molar-refractivity contribution in [2.75, 3.05) is 26.7 Å². The minimum atomic E-state index is 0.0722. The van der Waals surface area contributed by atoms with Gasteiger partial charge < -0.3 is 15.0 Å². The first kappa shape index (κ1) is 21.0. The summed E-state index contributed by atoms with van der Waals surface area (Å²) >= 11 is 0. The van der Waals surface area contributed by atoms with Crippen LogP contribution in [0, 0.1) is 17.8 Å². The van der Waals surface area contributed by atoms with Crippen LogP contribution >= 0.6 is 0 Å². The summed E-state index contributed by atoms with van der Waals surface area (Å²) < 4.78 is 6.00. The van der Waals surface area contributed by atoms with Crippen molar-refractivity contribution < 1.29 is 9.53 Å². The molecule has 0 spiro atoms. The number of piperidine rings is 2. The van der Waals surface area contributed by atoms with Gasteiger partial charge in [-0.15, -0.1) is 0 Å². The zero-order valence-electron chi connectivity index (χ0n) is 18.7. The van der Waals surface area contributed by atoms with Gasteiger partial charge in [0.25, 0.3) is 0 Å². The summed E-state index contributed by atoms with van der Waals surface area (Å²) in [5, 5.41) is 5.36. The van der Waals surface area contributed by atoms with E-state index in [1.54, 1.807) is 0 Å². The lowest BCUT2D eigenvalue weighted by molar-refractivity contribution is -0.121. The number of amides is 1. The number of benzene rings is 2. The van der Waals surface area contributed by atoms with Gasteiger partial charge in [-0.25, -0.2) is 0 Å². The third-order valence-electron chi connectivity index (χ3n) is 7.01. The minimum Gasteiger partial charge on any atom is -0.365 e. The van der Waals surface area contributed by atoms with Gasteiger partial charge in [-0.3, -0.25) is 4.79 Å². The Morgan fingerprint density at radius 1 is 1.16 bits per heavy atom. The van der Waals surface area contributed by atoms with E-state index >= 15 is 0 Å². The van der Waals surface area contributed by atoms with Gasteiger partial charge >= 0.3 is 0 Å². The number of nitrogens with zero attached hydrogens (tertiary/aromatic N) is 1. The van der Waals surface area contributed by atoms with E-state index in [0.717, 1.165) is 50.0 Å². The van der Waals surface area contributed by atoms with Gasteiger partial charge in [0.15, 0.2) is 0 Å². The Hall–Kier alpha value is -2.87. The number of carbonyl (C=O) groups excluding carboxylic acids is 1. The van der Waals surface area contributed by atoms with Crippen LogP contribution in [0.1, 0.15) is 42.4 Å². The van der Waals surface area contributed by atoms with E-state index in [-0.39, 0.29) is 11.8 Å². The SMILES string of the molecule is C=C1NC(=O)CCC1C1=CCc2ccc3c(C#CCOC4CCN(C)CC4)cccc3c21. The average Bonchev–Trinajstić information content (AvgIpc) is 3.22. The second kappa shape index (κ2) is 8.94. The first-order chi connectivity index (χ1) is 15.6. The van der Waals surface area contributed by atoms with Crippen LogP contribution < -0.4 is 5.32 Å². The predicted molar refractivity (Wildman–Crippen MR) is 129 cm³/mol. The predicted octanol–water partition coefficient (Wildman–Crippen LogP) is 4.28. The molecule has 2 aliphatic heterocycles. The van der Waals surface area contributed by atoms with Crippen molar-refractivity contribution in [2.24, 2.45) is 5.92 Å². The fourth-order valence-corrected chi connectivity index (χ4v) is 5.23. The number of hydrogen-bond donors (Lipinski definition) is 1. The highest BCUT2D eigenvalue weighted by molar-refractivity contribution is 6.00. The summed E-state index contributed by atoms with van der Waals surface area (Å²) in [6.07, 6.45) is 7.11. The van der Waals surface area contributed by atoms with Crippen LogP contribution in [0.4, 0.5) is 0 Å². The van der Waals surface area contributed by atoms with Gasteiger partial charge in [0.2, 0.25) is 5.91 Å². The number of allylic oxidation sites excluding steroid dienone is 2. The molecule has 1 aliphatic carbocycles. The Balaban J connectivity index is 1.38. The molecule has 0 bridgehead atoms. The maximum atomic E-state index is 11.8. The van der Waals surface area contributed by atoms with Crippen LogP contribution in [0.2, 0.25) is 0 Å². The van der Waals surface area contributed by atoms with E-state index < -0.39 is 0 Å². The Morgan fingerprint density at radius 3 is 2.81 bits per heavy atom. The lowest BCUT2D eigenvalue weighted by Crippen LogP contribution is -2.34. The maximum Gasteiger partial charge on any atom is 0.224 e. The molecule has 2 fully saturated rings. The zero-order valence-corrected chi connectivity index (χ0v) is 18.7.